The second-order valence-electron chi connectivity index (χ2n) is 5.32. The van der Waals surface area contributed by atoms with Crippen LogP contribution in [0.2, 0.25) is 0 Å². The molecule has 1 fully saturated rings. The molecule has 1 aliphatic carbocycles. The van der Waals surface area contributed by atoms with Crippen LogP contribution in [0.1, 0.15) is 42.5 Å². The summed E-state index contributed by atoms with van der Waals surface area (Å²) in [5.41, 5.74) is 0.190. The average Bonchev–Trinajstić information content (AvgIpc) is 2.67. The lowest BCUT2D eigenvalue weighted by atomic mass is 9.94. The summed E-state index contributed by atoms with van der Waals surface area (Å²) in [6.45, 7) is 0. The third-order valence-corrected chi connectivity index (χ3v) is 4.52. The van der Waals surface area contributed by atoms with Gasteiger partial charge in [-0.15, -0.1) is 0 Å². The highest BCUT2D eigenvalue weighted by molar-refractivity contribution is 14.1. The van der Waals surface area contributed by atoms with Crippen LogP contribution in [0.4, 0.5) is 0 Å². The van der Waals surface area contributed by atoms with E-state index in [0.717, 1.165) is 22.8 Å². The van der Waals surface area contributed by atoms with Gasteiger partial charge in [-0.25, -0.2) is 0 Å². The zero-order chi connectivity index (χ0) is 15.4. The molecule has 2 atom stereocenters. The predicted octanol–water partition coefficient (Wildman–Crippen LogP) is 2.76. The Labute approximate surface area is 136 Å². The lowest BCUT2D eigenvalue weighted by Gasteiger charge is -2.23. The number of nitrogens with one attached hydrogen (secondary N) is 1. The molecule has 1 aromatic carbocycles. The Morgan fingerprint density at radius 3 is 2.62 bits per heavy atom. The van der Waals surface area contributed by atoms with Gasteiger partial charge in [0.05, 0.1) is 11.5 Å². The van der Waals surface area contributed by atoms with Gasteiger partial charge >= 0.3 is 5.97 Å². The van der Waals surface area contributed by atoms with Crippen molar-refractivity contribution in [3.8, 4) is 5.75 Å². The van der Waals surface area contributed by atoms with Crippen LogP contribution in [-0.2, 0) is 4.79 Å². The molecule has 3 N–H and O–H groups in total. The summed E-state index contributed by atoms with van der Waals surface area (Å²) in [5.74, 6) is -1.92. The van der Waals surface area contributed by atoms with Crippen molar-refractivity contribution in [3.63, 3.8) is 0 Å². The van der Waals surface area contributed by atoms with E-state index in [9.17, 15) is 19.8 Å². The molecular weight excluding hydrogens is 385 g/mol. The van der Waals surface area contributed by atoms with Crippen LogP contribution in [0.3, 0.4) is 0 Å². The smallest absolute Gasteiger partial charge is 0.308 e. The molecule has 1 amide bonds. The van der Waals surface area contributed by atoms with E-state index in [4.69, 9.17) is 0 Å². The van der Waals surface area contributed by atoms with Gasteiger partial charge in [-0.2, -0.15) is 0 Å². The molecule has 0 radical (unpaired) electrons. The van der Waals surface area contributed by atoms with Crippen molar-refractivity contribution in [2.75, 3.05) is 0 Å². The molecule has 0 aliphatic heterocycles. The first-order valence-corrected chi connectivity index (χ1v) is 8.09. The number of carbonyl (C=O) groups excluding carboxylic acids is 1. The highest BCUT2D eigenvalue weighted by Gasteiger charge is 2.31. The summed E-state index contributed by atoms with van der Waals surface area (Å²) < 4.78 is 0.839. The van der Waals surface area contributed by atoms with Gasteiger partial charge < -0.3 is 15.5 Å². The maximum atomic E-state index is 12.3. The molecule has 0 bridgehead atoms. The minimum Gasteiger partial charge on any atom is -0.507 e. The number of halogens is 1. The van der Waals surface area contributed by atoms with Crippen LogP contribution >= 0.6 is 22.6 Å². The average molecular weight is 403 g/mol. The van der Waals surface area contributed by atoms with E-state index in [-0.39, 0.29) is 17.4 Å². The van der Waals surface area contributed by atoms with Crippen LogP contribution in [0.15, 0.2) is 18.2 Å². The molecule has 0 aromatic heterocycles. The molecule has 114 valence electrons. The summed E-state index contributed by atoms with van der Waals surface area (Å²) in [6.07, 6.45) is 4.02. The van der Waals surface area contributed by atoms with E-state index >= 15 is 0 Å². The van der Waals surface area contributed by atoms with E-state index in [1.54, 1.807) is 12.1 Å². The summed E-state index contributed by atoms with van der Waals surface area (Å²) in [6, 6.07) is 4.39. The monoisotopic (exact) mass is 403 g/mol. The first-order valence-electron chi connectivity index (χ1n) is 7.01. The number of carboxylic acid groups (broad SMARTS) is 1. The molecule has 0 spiro atoms. The fraction of sp³-hybridized carbons (Fsp3) is 0.467. The van der Waals surface area contributed by atoms with Crippen molar-refractivity contribution in [2.24, 2.45) is 5.92 Å². The summed E-state index contributed by atoms with van der Waals surface area (Å²) in [5, 5.41) is 21.9. The Hall–Kier alpha value is -1.31. The van der Waals surface area contributed by atoms with Gasteiger partial charge in [0.25, 0.3) is 5.91 Å². The fourth-order valence-corrected chi connectivity index (χ4v) is 3.20. The predicted molar refractivity (Wildman–Crippen MR) is 86.3 cm³/mol. The number of carboxylic acids is 1. The molecule has 2 rings (SSSR count). The summed E-state index contributed by atoms with van der Waals surface area (Å²) in [4.78, 5) is 23.7. The SMILES string of the molecule is O=C(NC1CCCCCC1C(=O)O)c1cc(I)ccc1O. The second-order valence-corrected chi connectivity index (χ2v) is 6.57. The van der Waals surface area contributed by atoms with Crippen molar-refractivity contribution < 1.29 is 19.8 Å². The summed E-state index contributed by atoms with van der Waals surface area (Å²) in [7, 11) is 0. The standard InChI is InChI=1S/C15H18INO4/c16-9-6-7-13(18)11(8-9)14(19)17-12-5-3-1-2-4-10(12)15(20)21/h6-8,10,12,18H,1-5H2,(H,17,19)(H,20,21). The van der Waals surface area contributed by atoms with Gasteiger partial charge in [0.2, 0.25) is 0 Å². The number of hydrogen-bond acceptors (Lipinski definition) is 3. The third-order valence-electron chi connectivity index (χ3n) is 3.85. The van der Waals surface area contributed by atoms with Crippen LogP contribution in [0, 0.1) is 9.49 Å². The topological polar surface area (TPSA) is 86.6 Å². The molecule has 21 heavy (non-hydrogen) atoms. The third kappa shape index (κ3) is 4.09. The van der Waals surface area contributed by atoms with Gasteiger partial charge in [-0.05, 0) is 53.6 Å². The Balaban J connectivity index is 2.16. The molecule has 5 nitrogen and oxygen atoms in total. The number of aromatic hydroxyl groups is 1. The molecule has 1 aliphatic rings. The van der Waals surface area contributed by atoms with Gasteiger partial charge in [-0.1, -0.05) is 19.3 Å². The largest absolute Gasteiger partial charge is 0.507 e. The van der Waals surface area contributed by atoms with Crippen molar-refractivity contribution in [2.45, 2.75) is 38.1 Å². The Kier molecular flexibility index (Phi) is 5.44. The van der Waals surface area contributed by atoms with Crippen LogP contribution < -0.4 is 5.32 Å². The van der Waals surface area contributed by atoms with Crippen LogP contribution in [0.25, 0.3) is 0 Å². The van der Waals surface area contributed by atoms with E-state index in [1.807, 2.05) is 0 Å². The molecule has 1 aromatic rings. The zero-order valence-corrected chi connectivity index (χ0v) is 13.7. The number of benzene rings is 1. The lowest BCUT2D eigenvalue weighted by molar-refractivity contribution is -0.142. The minimum atomic E-state index is -0.867. The number of amides is 1. The molecule has 2 unspecified atom stereocenters. The van der Waals surface area contributed by atoms with Gasteiger partial charge in [0.1, 0.15) is 5.75 Å². The maximum Gasteiger partial charge on any atom is 0.308 e. The fourth-order valence-electron chi connectivity index (χ4n) is 2.71. The Bertz CT molecular complexity index is 546. The molecule has 1 saturated carbocycles. The highest BCUT2D eigenvalue weighted by Crippen LogP contribution is 2.25. The maximum absolute atomic E-state index is 12.3. The number of aliphatic carboxylic acids is 1. The number of hydrogen-bond donors (Lipinski definition) is 3. The van der Waals surface area contributed by atoms with E-state index in [1.165, 1.54) is 6.07 Å². The quantitative estimate of drug-likeness (QED) is 0.535. The van der Waals surface area contributed by atoms with E-state index in [0.29, 0.717) is 12.8 Å². The van der Waals surface area contributed by atoms with E-state index in [2.05, 4.69) is 27.9 Å². The molecule has 0 saturated heterocycles. The number of rotatable bonds is 3. The van der Waals surface area contributed by atoms with Gasteiger partial charge in [-0.3, -0.25) is 9.59 Å². The minimum absolute atomic E-state index is 0.0894. The summed E-state index contributed by atoms with van der Waals surface area (Å²) >= 11 is 2.06. The lowest BCUT2D eigenvalue weighted by Crippen LogP contribution is -2.42. The van der Waals surface area contributed by atoms with Crippen molar-refractivity contribution in [1.29, 1.82) is 0 Å². The Morgan fingerprint density at radius 1 is 1.19 bits per heavy atom. The van der Waals surface area contributed by atoms with Crippen molar-refractivity contribution in [1.82, 2.24) is 5.32 Å². The number of phenolic OH excluding ortho intramolecular Hbond substituents is 1. The first-order chi connectivity index (χ1) is 9.99. The molecular formula is C15H18INO4. The molecule has 0 heterocycles. The highest BCUT2D eigenvalue weighted by atomic mass is 127. The zero-order valence-electron chi connectivity index (χ0n) is 11.5. The number of phenols is 1. The molecule has 6 heteroatoms. The van der Waals surface area contributed by atoms with Gasteiger partial charge in [0.15, 0.2) is 0 Å². The Morgan fingerprint density at radius 2 is 1.90 bits per heavy atom. The van der Waals surface area contributed by atoms with Crippen LogP contribution in [-0.4, -0.2) is 28.1 Å². The van der Waals surface area contributed by atoms with Crippen LogP contribution in [0.5, 0.6) is 5.75 Å². The van der Waals surface area contributed by atoms with E-state index < -0.39 is 17.8 Å². The number of carbonyl (C=O) groups is 2. The van der Waals surface area contributed by atoms with Gasteiger partial charge in [0, 0.05) is 9.61 Å². The van der Waals surface area contributed by atoms with Crippen molar-refractivity contribution in [3.05, 3.63) is 27.3 Å². The first kappa shape index (κ1) is 16.1. The second kappa shape index (κ2) is 7.11. The normalized spacial score (nSPS) is 22.3. The van der Waals surface area contributed by atoms with Crippen molar-refractivity contribution >= 4 is 34.5 Å².